The lowest BCUT2D eigenvalue weighted by molar-refractivity contribution is -0.811. The van der Waals surface area contributed by atoms with Gasteiger partial charge in [-0.25, -0.2) is 0 Å². The molecule has 0 aliphatic carbocycles. The molecule has 8 heavy (non-hydrogen) atoms. The standard InChI is InChI=1S/C6H8NO/c1-6-4-2-3-5-7(6)8/h2,4-7H,1H3. The van der Waals surface area contributed by atoms with Crippen molar-refractivity contribution >= 4 is 0 Å². The van der Waals surface area contributed by atoms with Crippen molar-refractivity contribution in [3.05, 3.63) is 29.6 Å². The molecule has 0 saturated carbocycles. The van der Waals surface area contributed by atoms with Crippen LogP contribution in [0.5, 0.6) is 0 Å². The summed E-state index contributed by atoms with van der Waals surface area (Å²) in [6.45, 7) is 1.87. The Morgan fingerprint density at radius 1 is 1.75 bits per heavy atom. The molecule has 2 nitrogen and oxygen atoms in total. The van der Waals surface area contributed by atoms with E-state index < -0.39 is 0 Å². The predicted molar refractivity (Wildman–Crippen MR) is 30.7 cm³/mol. The van der Waals surface area contributed by atoms with Crippen molar-refractivity contribution in [1.29, 1.82) is 0 Å². The second kappa shape index (κ2) is 2.11. The predicted octanol–water partition coefficient (Wildman–Crippen LogP) is -0.356. The van der Waals surface area contributed by atoms with Gasteiger partial charge in [-0.1, -0.05) is 0 Å². The molecule has 2 atom stereocenters. The van der Waals surface area contributed by atoms with Crippen LogP contribution in [0.4, 0.5) is 0 Å². The molecule has 0 saturated heterocycles. The SMILES string of the molecule is CC1C=C[C]=C[NH+]1[O-]. The van der Waals surface area contributed by atoms with Crippen LogP contribution in [0.25, 0.3) is 0 Å². The van der Waals surface area contributed by atoms with E-state index in [-0.39, 0.29) is 11.1 Å². The maximum Gasteiger partial charge on any atom is 0.107 e. The number of hydroxylamine groups is 2. The first-order valence-electron chi connectivity index (χ1n) is 2.60. The molecule has 0 aromatic rings. The molecule has 1 heterocycles. The summed E-state index contributed by atoms with van der Waals surface area (Å²) in [6, 6.07) is 0.0660. The molecule has 0 aromatic heterocycles. The summed E-state index contributed by atoms with van der Waals surface area (Å²) in [7, 11) is 0. The van der Waals surface area contributed by atoms with E-state index >= 15 is 0 Å². The molecule has 1 rings (SSSR count). The van der Waals surface area contributed by atoms with Crippen LogP contribution in [-0.2, 0) is 0 Å². The van der Waals surface area contributed by atoms with Gasteiger partial charge in [0.1, 0.15) is 12.2 Å². The van der Waals surface area contributed by atoms with Gasteiger partial charge in [0.25, 0.3) is 0 Å². The fraction of sp³-hybridized carbons (Fsp3) is 0.333. The van der Waals surface area contributed by atoms with Crippen LogP contribution < -0.4 is 5.06 Å². The molecule has 1 aliphatic heterocycles. The van der Waals surface area contributed by atoms with Crippen LogP contribution in [0, 0.1) is 11.3 Å². The zero-order chi connectivity index (χ0) is 5.98. The van der Waals surface area contributed by atoms with E-state index in [4.69, 9.17) is 0 Å². The van der Waals surface area contributed by atoms with Crippen molar-refractivity contribution in [3.8, 4) is 0 Å². The van der Waals surface area contributed by atoms with Crippen LogP contribution in [-0.4, -0.2) is 6.04 Å². The summed E-state index contributed by atoms with van der Waals surface area (Å²) in [5.41, 5.74) is 0. The van der Waals surface area contributed by atoms with Gasteiger partial charge in [-0.05, 0) is 19.1 Å². The highest BCUT2D eigenvalue weighted by Crippen LogP contribution is 1.83. The minimum absolute atomic E-state index is 0.0660. The van der Waals surface area contributed by atoms with Gasteiger partial charge in [0.15, 0.2) is 0 Å². The first-order chi connectivity index (χ1) is 3.80. The van der Waals surface area contributed by atoms with Crippen LogP contribution in [0.1, 0.15) is 6.92 Å². The van der Waals surface area contributed by atoms with Crippen molar-refractivity contribution < 1.29 is 5.06 Å². The molecule has 43 valence electrons. The van der Waals surface area contributed by atoms with Crippen molar-refractivity contribution in [2.45, 2.75) is 13.0 Å². The van der Waals surface area contributed by atoms with Crippen LogP contribution >= 0.6 is 0 Å². The summed E-state index contributed by atoms with van der Waals surface area (Å²) < 4.78 is 0. The second-order valence-corrected chi connectivity index (χ2v) is 1.86. The first-order valence-corrected chi connectivity index (χ1v) is 2.60. The second-order valence-electron chi connectivity index (χ2n) is 1.86. The van der Waals surface area contributed by atoms with E-state index in [0.717, 1.165) is 0 Å². The third-order valence-corrected chi connectivity index (χ3v) is 1.16. The fourth-order valence-electron chi connectivity index (χ4n) is 0.556. The Balaban J connectivity index is 2.59. The summed E-state index contributed by atoms with van der Waals surface area (Å²) in [5, 5.41) is 10.8. The molecular formula is C6H8NO. The molecular weight excluding hydrogens is 102 g/mol. The van der Waals surface area contributed by atoms with Crippen molar-refractivity contribution in [2.24, 2.45) is 0 Å². The number of rotatable bonds is 0. The highest BCUT2D eigenvalue weighted by Gasteiger charge is 2.02. The largest absolute Gasteiger partial charge is 0.629 e. The van der Waals surface area contributed by atoms with Crippen LogP contribution in [0.3, 0.4) is 0 Å². The third-order valence-electron chi connectivity index (χ3n) is 1.16. The quantitative estimate of drug-likeness (QED) is 0.424. The molecule has 0 amide bonds. The van der Waals surface area contributed by atoms with E-state index in [1.165, 1.54) is 6.20 Å². The summed E-state index contributed by atoms with van der Waals surface area (Å²) in [5.74, 6) is 0. The number of hydrogen-bond donors (Lipinski definition) is 1. The Bertz CT molecular complexity index is 112. The lowest BCUT2D eigenvalue weighted by Gasteiger charge is -2.23. The Kier molecular flexibility index (Phi) is 1.46. The zero-order valence-corrected chi connectivity index (χ0v) is 4.72. The molecule has 2 heteroatoms. The van der Waals surface area contributed by atoms with Crippen LogP contribution in [0.15, 0.2) is 18.4 Å². The monoisotopic (exact) mass is 110 g/mol. The van der Waals surface area contributed by atoms with E-state index in [0.29, 0.717) is 0 Å². The minimum atomic E-state index is 0.0660. The van der Waals surface area contributed by atoms with Gasteiger partial charge in [0.05, 0.1) is 0 Å². The Labute approximate surface area is 48.7 Å². The average molecular weight is 110 g/mol. The van der Waals surface area contributed by atoms with Gasteiger partial charge in [-0.3, -0.25) is 0 Å². The number of nitrogens with one attached hydrogen (secondary N) is 1. The first kappa shape index (κ1) is 5.54. The Hall–Kier alpha value is -0.600. The maximum absolute atomic E-state index is 10.6. The smallest absolute Gasteiger partial charge is 0.107 e. The van der Waals surface area contributed by atoms with Gasteiger partial charge in [-0.2, -0.15) is 0 Å². The molecule has 1 radical (unpaired) electrons. The van der Waals surface area contributed by atoms with E-state index in [1.807, 2.05) is 13.0 Å². The van der Waals surface area contributed by atoms with Gasteiger partial charge < -0.3 is 10.3 Å². The highest BCUT2D eigenvalue weighted by atomic mass is 16.5. The molecule has 1 aliphatic rings. The average Bonchev–Trinajstić information content (AvgIpc) is 1.77. The molecule has 2 unspecified atom stereocenters. The molecule has 0 bridgehead atoms. The lowest BCUT2D eigenvalue weighted by atomic mass is 10.2. The van der Waals surface area contributed by atoms with Gasteiger partial charge >= 0.3 is 0 Å². The molecule has 1 N–H and O–H groups in total. The Morgan fingerprint density at radius 3 is 2.88 bits per heavy atom. The minimum Gasteiger partial charge on any atom is -0.629 e. The van der Waals surface area contributed by atoms with E-state index in [9.17, 15) is 5.21 Å². The van der Waals surface area contributed by atoms with E-state index in [2.05, 4.69) is 6.08 Å². The van der Waals surface area contributed by atoms with Crippen molar-refractivity contribution in [2.75, 3.05) is 0 Å². The summed E-state index contributed by atoms with van der Waals surface area (Å²) in [6.07, 6.45) is 7.79. The molecule has 0 spiro atoms. The van der Waals surface area contributed by atoms with Gasteiger partial charge in [-0.15, -0.1) is 0 Å². The summed E-state index contributed by atoms with van der Waals surface area (Å²) in [4.78, 5) is 0. The lowest BCUT2D eigenvalue weighted by Crippen LogP contribution is -3.06. The normalized spacial score (nSPS) is 35.8. The van der Waals surface area contributed by atoms with Crippen molar-refractivity contribution in [3.63, 3.8) is 0 Å². The van der Waals surface area contributed by atoms with Crippen LogP contribution in [0.2, 0.25) is 0 Å². The number of hydrogen-bond acceptors (Lipinski definition) is 1. The number of quaternary nitrogens is 1. The Morgan fingerprint density at radius 2 is 2.50 bits per heavy atom. The van der Waals surface area contributed by atoms with Gasteiger partial charge in [0, 0.05) is 6.08 Å². The topological polar surface area (TPSA) is 27.5 Å². The maximum atomic E-state index is 10.6. The zero-order valence-electron chi connectivity index (χ0n) is 4.72. The molecule has 0 aromatic carbocycles. The molecule has 0 fully saturated rings. The fourth-order valence-corrected chi connectivity index (χ4v) is 0.556. The van der Waals surface area contributed by atoms with E-state index in [1.54, 1.807) is 6.08 Å². The third kappa shape index (κ3) is 0.967. The van der Waals surface area contributed by atoms with Crippen molar-refractivity contribution in [1.82, 2.24) is 0 Å². The number of allylic oxidation sites excluding steroid dienone is 2. The summed E-state index contributed by atoms with van der Waals surface area (Å²) >= 11 is 0. The highest BCUT2D eigenvalue weighted by molar-refractivity contribution is 4.99. The van der Waals surface area contributed by atoms with Gasteiger partial charge in [0.2, 0.25) is 0 Å².